The van der Waals surface area contributed by atoms with Crippen molar-refractivity contribution in [2.24, 2.45) is 0 Å². The summed E-state index contributed by atoms with van der Waals surface area (Å²) in [6.07, 6.45) is 3.37. The average molecular weight is 274 g/mol. The van der Waals surface area contributed by atoms with Gasteiger partial charge in [-0.1, -0.05) is 13.3 Å². The van der Waals surface area contributed by atoms with Crippen LogP contribution < -0.4 is 10.1 Å². The lowest BCUT2D eigenvalue weighted by molar-refractivity contribution is 0.160. The Morgan fingerprint density at radius 1 is 1.35 bits per heavy atom. The van der Waals surface area contributed by atoms with Crippen LogP contribution in [0.25, 0.3) is 10.9 Å². The molecular formula is C16H22N2O2. The van der Waals surface area contributed by atoms with Crippen molar-refractivity contribution in [2.75, 3.05) is 13.7 Å². The van der Waals surface area contributed by atoms with Gasteiger partial charge in [-0.2, -0.15) is 0 Å². The number of aliphatic hydroxyl groups excluding tert-OH is 1. The Morgan fingerprint density at radius 3 is 2.95 bits per heavy atom. The predicted octanol–water partition coefficient (Wildman–Crippen LogP) is 2.49. The maximum absolute atomic E-state index is 9.73. The lowest BCUT2D eigenvalue weighted by atomic mass is 10.1. The first-order valence-corrected chi connectivity index (χ1v) is 7.05. The summed E-state index contributed by atoms with van der Waals surface area (Å²) >= 11 is 0. The zero-order valence-corrected chi connectivity index (χ0v) is 12.1. The third-order valence-electron chi connectivity index (χ3n) is 3.36. The van der Waals surface area contributed by atoms with Gasteiger partial charge in [0.1, 0.15) is 5.75 Å². The predicted molar refractivity (Wildman–Crippen MR) is 80.9 cm³/mol. The van der Waals surface area contributed by atoms with Crippen LogP contribution in [0.15, 0.2) is 30.5 Å². The van der Waals surface area contributed by atoms with Crippen molar-refractivity contribution < 1.29 is 9.84 Å². The first-order chi connectivity index (χ1) is 9.74. The standard InChI is InChI=1S/C16H22N2O2/c1-3-4-13(19)11-17-10-12-7-8-18-16-6-5-14(20-2)9-15(12)16/h5-9,13,17,19H,3-4,10-11H2,1-2H3/t13-/m1/s1. The van der Waals surface area contributed by atoms with Gasteiger partial charge < -0.3 is 15.2 Å². The van der Waals surface area contributed by atoms with E-state index in [2.05, 4.69) is 17.2 Å². The number of hydrogen-bond donors (Lipinski definition) is 2. The van der Waals surface area contributed by atoms with Crippen LogP contribution in [-0.4, -0.2) is 29.8 Å². The van der Waals surface area contributed by atoms with Gasteiger partial charge in [-0.3, -0.25) is 4.98 Å². The van der Waals surface area contributed by atoms with E-state index in [-0.39, 0.29) is 6.10 Å². The van der Waals surface area contributed by atoms with E-state index < -0.39 is 0 Å². The summed E-state index contributed by atoms with van der Waals surface area (Å²) in [5.74, 6) is 0.831. The molecule has 0 fully saturated rings. The first kappa shape index (κ1) is 14.8. The minimum Gasteiger partial charge on any atom is -0.497 e. The second-order valence-electron chi connectivity index (χ2n) is 4.93. The lowest BCUT2D eigenvalue weighted by Crippen LogP contribution is -2.26. The number of nitrogens with zero attached hydrogens (tertiary/aromatic N) is 1. The maximum Gasteiger partial charge on any atom is 0.119 e. The maximum atomic E-state index is 9.73. The summed E-state index contributed by atoms with van der Waals surface area (Å²) in [4.78, 5) is 4.36. The summed E-state index contributed by atoms with van der Waals surface area (Å²) in [5.41, 5.74) is 2.12. The van der Waals surface area contributed by atoms with Crippen molar-refractivity contribution >= 4 is 10.9 Å². The van der Waals surface area contributed by atoms with Crippen LogP contribution in [0.4, 0.5) is 0 Å². The smallest absolute Gasteiger partial charge is 0.119 e. The largest absolute Gasteiger partial charge is 0.497 e. The molecule has 4 heteroatoms. The Hall–Kier alpha value is -1.65. The molecule has 0 amide bonds. The molecule has 2 aromatic rings. The second kappa shape index (κ2) is 7.22. The highest BCUT2D eigenvalue weighted by Gasteiger charge is 2.05. The number of hydrogen-bond acceptors (Lipinski definition) is 4. The Kier molecular flexibility index (Phi) is 5.32. The van der Waals surface area contributed by atoms with Gasteiger partial charge in [-0.05, 0) is 36.2 Å². The zero-order valence-electron chi connectivity index (χ0n) is 12.1. The zero-order chi connectivity index (χ0) is 14.4. The molecule has 0 spiro atoms. The quantitative estimate of drug-likeness (QED) is 0.814. The minimum atomic E-state index is -0.275. The normalized spacial score (nSPS) is 12.6. The molecule has 1 aromatic heterocycles. The van der Waals surface area contributed by atoms with Crippen molar-refractivity contribution in [1.82, 2.24) is 10.3 Å². The van der Waals surface area contributed by atoms with Crippen LogP contribution in [-0.2, 0) is 6.54 Å². The highest BCUT2D eigenvalue weighted by molar-refractivity contribution is 5.83. The number of fused-ring (bicyclic) bond motifs is 1. The topological polar surface area (TPSA) is 54.4 Å². The number of rotatable bonds is 7. The third kappa shape index (κ3) is 3.68. The molecule has 4 nitrogen and oxygen atoms in total. The van der Waals surface area contributed by atoms with Crippen molar-refractivity contribution in [3.05, 3.63) is 36.0 Å². The first-order valence-electron chi connectivity index (χ1n) is 7.05. The van der Waals surface area contributed by atoms with E-state index in [1.54, 1.807) is 7.11 Å². The van der Waals surface area contributed by atoms with Gasteiger partial charge in [0.05, 0.1) is 18.7 Å². The molecule has 20 heavy (non-hydrogen) atoms. The highest BCUT2D eigenvalue weighted by atomic mass is 16.5. The molecule has 1 aromatic carbocycles. The molecule has 0 aliphatic rings. The monoisotopic (exact) mass is 274 g/mol. The molecule has 0 aliphatic carbocycles. The Bertz CT molecular complexity index is 557. The molecule has 0 saturated heterocycles. The van der Waals surface area contributed by atoms with Gasteiger partial charge in [0.2, 0.25) is 0 Å². The number of aromatic nitrogens is 1. The number of pyridine rings is 1. The molecule has 0 bridgehead atoms. The van der Waals surface area contributed by atoms with Crippen LogP contribution in [0, 0.1) is 0 Å². The summed E-state index contributed by atoms with van der Waals surface area (Å²) in [6, 6.07) is 7.88. The Morgan fingerprint density at radius 2 is 2.20 bits per heavy atom. The summed E-state index contributed by atoms with van der Waals surface area (Å²) in [7, 11) is 1.66. The van der Waals surface area contributed by atoms with E-state index in [4.69, 9.17) is 4.74 Å². The van der Waals surface area contributed by atoms with Crippen LogP contribution in [0.1, 0.15) is 25.3 Å². The van der Waals surface area contributed by atoms with Gasteiger partial charge >= 0.3 is 0 Å². The molecule has 0 aliphatic heterocycles. The molecule has 0 saturated carbocycles. The molecule has 2 rings (SSSR count). The van der Waals surface area contributed by atoms with Crippen molar-refractivity contribution in [1.29, 1.82) is 0 Å². The minimum absolute atomic E-state index is 0.275. The van der Waals surface area contributed by atoms with E-state index in [0.717, 1.165) is 35.1 Å². The molecule has 0 unspecified atom stereocenters. The fraction of sp³-hybridized carbons (Fsp3) is 0.438. The van der Waals surface area contributed by atoms with Gasteiger partial charge in [-0.25, -0.2) is 0 Å². The van der Waals surface area contributed by atoms with Crippen molar-refractivity contribution in [3.63, 3.8) is 0 Å². The van der Waals surface area contributed by atoms with Crippen LogP contribution >= 0.6 is 0 Å². The molecule has 1 atom stereocenters. The van der Waals surface area contributed by atoms with E-state index in [9.17, 15) is 5.11 Å². The van der Waals surface area contributed by atoms with Crippen LogP contribution in [0.5, 0.6) is 5.75 Å². The molecular weight excluding hydrogens is 252 g/mol. The number of aliphatic hydroxyl groups is 1. The van der Waals surface area contributed by atoms with E-state index >= 15 is 0 Å². The van der Waals surface area contributed by atoms with E-state index in [1.165, 1.54) is 0 Å². The summed E-state index contributed by atoms with van der Waals surface area (Å²) < 4.78 is 5.26. The third-order valence-corrected chi connectivity index (χ3v) is 3.36. The number of ether oxygens (including phenoxy) is 1. The summed E-state index contributed by atoms with van der Waals surface area (Å²) in [6.45, 7) is 3.40. The second-order valence-corrected chi connectivity index (χ2v) is 4.93. The Labute approximate surface area is 119 Å². The Balaban J connectivity index is 2.09. The molecule has 2 N–H and O–H groups in total. The van der Waals surface area contributed by atoms with Gasteiger partial charge in [0.15, 0.2) is 0 Å². The fourth-order valence-corrected chi connectivity index (χ4v) is 2.27. The fourth-order valence-electron chi connectivity index (χ4n) is 2.27. The average Bonchev–Trinajstić information content (AvgIpc) is 2.47. The highest BCUT2D eigenvalue weighted by Crippen LogP contribution is 2.22. The van der Waals surface area contributed by atoms with E-state index in [1.807, 2.05) is 30.5 Å². The SMILES string of the molecule is CCC[C@@H](O)CNCc1ccnc2ccc(OC)cc12. The van der Waals surface area contributed by atoms with Crippen LogP contribution in [0.2, 0.25) is 0 Å². The van der Waals surface area contributed by atoms with Gasteiger partial charge in [0, 0.05) is 24.7 Å². The van der Waals surface area contributed by atoms with Crippen molar-refractivity contribution in [2.45, 2.75) is 32.4 Å². The van der Waals surface area contributed by atoms with Crippen LogP contribution in [0.3, 0.4) is 0 Å². The van der Waals surface area contributed by atoms with E-state index in [0.29, 0.717) is 13.1 Å². The molecule has 1 heterocycles. The van der Waals surface area contributed by atoms with Crippen molar-refractivity contribution in [3.8, 4) is 5.75 Å². The van der Waals surface area contributed by atoms with Gasteiger partial charge in [0.25, 0.3) is 0 Å². The molecule has 0 radical (unpaired) electrons. The van der Waals surface area contributed by atoms with Gasteiger partial charge in [-0.15, -0.1) is 0 Å². The number of nitrogens with one attached hydrogen (secondary N) is 1. The molecule has 108 valence electrons. The lowest BCUT2D eigenvalue weighted by Gasteiger charge is -2.12. The number of methoxy groups -OCH3 is 1. The number of benzene rings is 1. The summed E-state index contributed by atoms with van der Waals surface area (Å²) in [5, 5.41) is 14.1.